The van der Waals surface area contributed by atoms with E-state index in [1.54, 1.807) is 6.08 Å². The minimum atomic E-state index is -0.917. The summed E-state index contributed by atoms with van der Waals surface area (Å²) in [5.74, 6) is -0.274. The van der Waals surface area contributed by atoms with Crippen LogP contribution in [0.15, 0.2) is 36.4 Å². The van der Waals surface area contributed by atoms with E-state index in [1.807, 2.05) is 30.3 Å². The molecular weight excluding hydrogens is 164 g/mol. The first-order valence-electron chi connectivity index (χ1n) is 4.15. The van der Waals surface area contributed by atoms with E-state index in [2.05, 4.69) is 0 Å². The molecule has 0 aliphatic rings. The number of carbonyl (C=O) groups is 1. The molecule has 1 atom stereocenters. The van der Waals surface area contributed by atoms with Gasteiger partial charge < -0.3 is 5.11 Å². The first kappa shape index (κ1) is 9.68. The molecule has 0 aromatic heterocycles. The molecule has 0 radical (unpaired) electrons. The maximum Gasteiger partial charge on any atom is 0.183 e. The number of carbonyl (C=O) groups excluding carboxylic acids is 1. The Balaban J connectivity index is 2.64. The minimum Gasteiger partial charge on any atom is -0.385 e. The molecule has 0 saturated heterocycles. The smallest absolute Gasteiger partial charge is 0.183 e. The number of hydrogen-bond acceptors (Lipinski definition) is 2. The van der Waals surface area contributed by atoms with Crippen LogP contribution < -0.4 is 0 Å². The summed E-state index contributed by atoms with van der Waals surface area (Å²) >= 11 is 0. The van der Waals surface area contributed by atoms with Crippen LogP contribution in [0.2, 0.25) is 0 Å². The zero-order valence-corrected chi connectivity index (χ0v) is 7.47. The largest absolute Gasteiger partial charge is 0.385 e. The number of ketones is 1. The summed E-state index contributed by atoms with van der Waals surface area (Å²) < 4.78 is 0. The van der Waals surface area contributed by atoms with E-state index >= 15 is 0 Å². The van der Waals surface area contributed by atoms with Gasteiger partial charge in [-0.05, 0) is 18.6 Å². The topological polar surface area (TPSA) is 37.3 Å². The van der Waals surface area contributed by atoms with Crippen molar-refractivity contribution < 1.29 is 9.90 Å². The average molecular weight is 176 g/mol. The van der Waals surface area contributed by atoms with Crippen molar-refractivity contribution in [1.29, 1.82) is 0 Å². The molecule has 1 rings (SSSR count). The van der Waals surface area contributed by atoms with Crippen molar-refractivity contribution in [2.24, 2.45) is 0 Å². The molecule has 0 amide bonds. The fourth-order valence-electron chi connectivity index (χ4n) is 0.882. The zero-order chi connectivity index (χ0) is 9.68. The molecule has 0 aliphatic heterocycles. The van der Waals surface area contributed by atoms with Crippen molar-refractivity contribution in [1.82, 2.24) is 0 Å². The fourth-order valence-corrected chi connectivity index (χ4v) is 0.882. The zero-order valence-electron chi connectivity index (χ0n) is 7.47. The van der Waals surface area contributed by atoms with Gasteiger partial charge in [0.25, 0.3) is 0 Å². The van der Waals surface area contributed by atoms with E-state index < -0.39 is 6.10 Å². The molecule has 0 aliphatic carbocycles. The molecule has 1 N–H and O–H groups in total. The van der Waals surface area contributed by atoms with Crippen molar-refractivity contribution in [2.75, 3.05) is 0 Å². The van der Waals surface area contributed by atoms with Crippen LogP contribution in [0.5, 0.6) is 0 Å². The van der Waals surface area contributed by atoms with Gasteiger partial charge in [0.1, 0.15) is 6.10 Å². The van der Waals surface area contributed by atoms with Crippen LogP contribution in [0, 0.1) is 0 Å². The van der Waals surface area contributed by atoms with Crippen molar-refractivity contribution in [3.8, 4) is 0 Å². The highest BCUT2D eigenvalue weighted by Gasteiger charge is 2.02. The van der Waals surface area contributed by atoms with Crippen LogP contribution in [0.3, 0.4) is 0 Å². The van der Waals surface area contributed by atoms with E-state index in [4.69, 9.17) is 5.11 Å². The van der Waals surface area contributed by atoms with E-state index in [1.165, 1.54) is 13.0 Å². The summed E-state index contributed by atoms with van der Waals surface area (Å²) in [5.41, 5.74) is 0.955. The Morgan fingerprint density at radius 3 is 2.54 bits per heavy atom. The highest BCUT2D eigenvalue weighted by molar-refractivity contribution is 5.96. The number of hydrogen-bond donors (Lipinski definition) is 1. The Kier molecular flexibility index (Phi) is 3.41. The molecule has 0 spiro atoms. The van der Waals surface area contributed by atoms with Gasteiger partial charge in [-0.15, -0.1) is 0 Å². The number of benzene rings is 1. The van der Waals surface area contributed by atoms with Crippen LogP contribution in [0.4, 0.5) is 0 Å². The molecule has 2 heteroatoms. The van der Waals surface area contributed by atoms with Gasteiger partial charge in [-0.2, -0.15) is 0 Å². The maximum atomic E-state index is 11.0. The minimum absolute atomic E-state index is 0.274. The van der Waals surface area contributed by atoms with Gasteiger partial charge in [0.05, 0.1) is 0 Å². The van der Waals surface area contributed by atoms with Gasteiger partial charge in [0.2, 0.25) is 0 Å². The third-order valence-electron chi connectivity index (χ3n) is 1.65. The fraction of sp³-hybridized carbons (Fsp3) is 0.182. The quantitative estimate of drug-likeness (QED) is 0.711. The predicted molar refractivity (Wildman–Crippen MR) is 52.2 cm³/mol. The molecule has 0 saturated carbocycles. The SMILES string of the molecule is C[C@@H](O)C(=O)/C=C/c1ccccc1. The molecule has 1 aromatic rings. The van der Waals surface area contributed by atoms with E-state index in [0.29, 0.717) is 0 Å². The molecule has 68 valence electrons. The summed E-state index contributed by atoms with van der Waals surface area (Å²) in [5, 5.41) is 8.90. The molecule has 1 aromatic carbocycles. The Morgan fingerprint density at radius 1 is 1.38 bits per heavy atom. The Morgan fingerprint density at radius 2 is 2.00 bits per heavy atom. The highest BCUT2D eigenvalue weighted by Crippen LogP contribution is 2.01. The third kappa shape index (κ3) is 3.22. The van der Waals surface area contributed by atoms with Crippen LogP contribution in [0.25, 0.3) is 6.08 Å². The number of rotatable bonds is 3. The second kappa shape index (κ2) is 4.58. The maximum absolute atomic E-state index is 11.0. The standard InChI is InChI=1S/C11H12O2/c1-9(12)11(13)8-7-10-5-3-2-4-6-10/h2-9,12H,1H3/b8-7+/t9-/m1/s1. The van der Waals surface area contributed by atoms with E-state index in [9.17, 15) is 4.79 Å². The van der Waals surface area contributed by atoms with Gasteiger partial charge in [0, 0.05) is 0 Å². The molecule has 0 heterocycles. The molecule has 0 fully saturated rings. The van der Waals surface area contributed by atoms with Crippen molar-refractivity contribution in [2.45, 2.75) is 13.0 Å². The molecule has 0 bridgehead atoms. The van der Waals surface area contributed by atoms with E-state index in [-0.39, 0.29) is 5.78 Å². The predicted octanol–water partition coefficient (Wildman–Crippen LogP) is 1.65. The average Bonchev–Trinajstić information content (AvgIpc) is 2.15. The first-order chi connectivity index (χ1) is 6.20. The van der Waals surface area contributed by atoms with Crippen LogP contribution in [0.1, 0.15) is 12.5 Å². The third-order valence-corrected chi connectivity index (χ3v) is 1.65. The second-order valence-corrected chi connectivity index (χ2v) is 2.82. The Hall–Kier alpha value is -1.41. The molecular formula is C11H12O2. The lowest BCUT2D eigenvalue weighted by molar-refractivity contribution is -0.121. The molecule has 2 nitrogen and oxygen atoms in total. The van der Waals surface area contributed by atoms with Crippen LogP contribution >= 0.6 is 0 Å². The molecule has 0 unspecified atom stereocenters. The van der Waals surface area contributed by atoms with Crippen molar-refractivity contribution >= 4 is 11.9 Å². The normalized spacial score (nSPS) is 13.1. The van der Waals surface area contributed by atoms with Gasteiger partial charge in [-0.25, -0.2) is 0 Å². The number of aliphatic hydroxyl groups excluding tert-OH is 1. The summed E-state index contributed by atoms with van der Waals surface area (Å²) in [6.45, 7) is 1.46. The van der Waals surface area contributed by atoms with Crippen LogP contribution in [-0.4, -0.2) is 17.0 Å². The monoisotopic (exact) mass is 176 g/mol. The summed E-state index contributed by atoms with van der Waals surface area (Å²) in [4.78, 5) is 11.0. The van der Waals surface area contributed by atoms with Gasteiger partial charge in [-0.3, -0.25) is 4.79 Å². The summed E-state index contributed by atoms with van der Waals surface area (Å²) in [7, 11) is 0. The summed E-state index contributed by atoms with van der Waals surface area (Å²) in [6, 6.07) is 9.49. The Labute approximate surface area is 77.5 Å². The summed E-state index contributed by atoms with van der Waals surface area (Å²) in [6.07, 6.45) is 2.16. The van der Waals surface area contributed by atoms with Gasteiger partial charge >= 0.3 is 0 Å². The molecule has 13 heavy (non-hydrogen) atoms. The lowest BCUT2D eigenvalue weighted by Crippen LogP contribution is -2.12. The van der Waals surface area contributed by atoms with Gasteiger partial charge in [0.15, 0.2) is 5.78 Å². The van der Waals surface area contributed by atoms with Crippen LogP contribution in [-0.2, 0) is 4.79 Å². The first-order valence-corrected chi connectivity index (χ1v) is 4.15. The highest BCUT2D eigenvalue weighted by atomic mass is 16.3. The second-order valence-electron chi connectivity index (χ2n) is 2.82. The van der Waals surface area contributed by atoms with Crippen molar-refractivity contribution in [3.63, 3.8) is 0 Å². The lowest BCUT2D eigenvalue weighted by Gasteiger charge is -1.96. The van der Waals surface area contributed by atoms with E-state index in [0.717, 1.165) is 5.56 Å². The Bertz CT molecular complexity index is 299. The lowest BCUT2D eigenvalue weighted by atomic mass is 10.1. The van der Waals surface area contributed by atoms with Crippen molar-refractivity contribution in [3.05, 3.63) is 42.0 Å². The van der Waals surface area contributed by atoms with Gasteiger partial charge in [-0.1, -0.05) is 36.4 Å². The number of aliphatic hydroxyl groups is 1.